The van der Waals surface area contributed by atoms with Crippen molar-refractivity contribution in [3.63, 3.8) is 0 Å². The summed E-state index contributed by atoms with van der Waals surface area (Å²) in [5.41, 5.74) is 0. The number of aromatic nitrogens is 4. The number of anilines is 1. The van der Waals surface area contributed by atoms with Crippen molar-refractivity contribution in [2.75, 3.05) is 5.32 Å². The number of hydrogen-bond acceptors (Lipinski definition) is 5. The van der Waals surface area contributed by atoms with Crippen molar-refractivity contribution in [3.8, 4) is 17.4 Å². The monoisotopic (exact) mass is 312 g/mol. The Labute approximate surface area is 132 Å². The summed E-state index contributed by atoms with van der Waals surface area (Å²) in [4.78, 5) is 20.6. The van der Waals surface area contributed by atoms with Crippen LogP contribution in [0.3, 0.4) is 0 Å². The zero-order valence-electron chi connectivity index (χ0n) is 12.7. The Balaban J connectivity index is 1.96. The van der Waals surface area contributed by atoms with Crippen molar-refractivity contribution in [2.24, 2.45) is 0 Å². The molecule has 0 aliphatic heterocycles. The summed E-state index contributed by atoms with van der Waals surface area (Å²) in [6.45, 7) is 3.76. The van der Waals surface area contributed by atoms with Crippen LogP contribution in [-0.4, -0.2) is 31.8 Å². The summed E-state index contributed by atoms with van der Waals surface area (Å²) in [7, 11) is 0. The van der Waals surface area contributed by atoms with Gasteiger partial charge in [0.05, 0.1) is 6.26 Å². The first-order chi connectivity index (χ1) is 11.1. The van der Waals surface area contributed by atoms with Crippen LogP contribution in [0.25, 0.3) is 17.4 Å². The Morgan fingerprint density at radius 1 is 1.30 bits per heavy atom. The minimum atomic E-state index is -0.337. The average molecular weight is 312 g/mol. The fourth-order valence-electron chi connectivity index (χ4n) is 1.95. The Morgan fingerprint density at radius 3 is 2.83 bits per heavy atom. The molecule has 0 bridgehead atoms. The van der Waals surface area contributed by atoms with Crippen LogP contribution in [0.2, 0.25) is 0 Å². The van der Waals surface area contributed by atoms with E-state index in [0.717, 1.165) is 0 Å². The molecule has 0 unspecified atom stereocenters. The zero-order chi connectivity index (χ0) is 16.2. The summed E-state index contributed by atoms with van der Waals surface area (Å²) >= 11 is 0. The molecule has 0 aliphatic rings. The molecule has 3 heterocycles. The van der Waals surface area contributed by atoms with Gasteiger partial charge in [-0.3, -0.25) is 5.32 Å². The maximum atomic E-state index is 11.9. The van der Waals surface area contributed by atoms with E-state index in [1.54, 1.807) is 41.3 Å². The predicted molar refractivity (Wildman–Crippen MR) is 84.1 cm³/mol. The molecular weight excluding hydrogens is 296 g/mol. The molecule has 0 radical (unpaired) electrons. The van der Waals surface area contributed by atoms with E-state index in [1.807, 2.05) is 13.8 Å². The van der Waals surface area contributed by atoms with Crippen molar-refractivity contribution < 1.29 is 9.21 Å². The number of urea groups is 1. The molecule has 3 aromatic heterocycles. The molecule has 0 atom stereocenters. The van der Waals surface area contributed by atoms with Gasteiger partial charge in [0.1, 0.15) is 5.82 Å². The van der Waals surface area contributed by atoms with Crippen LogP contribution in [0.15, 0.2) is 47.3 Å². The van der Waals surface area contributed by atoms with E-state index in [9.17, 15) is 4.79 Å². The number of furan rings is 1. The molecule has 3 aromatic rings. The highest BCUT2D eigenvalue weighted by molar-refractivity contribution is 5.88. The average Bonchev–Trinajstić information content (AvgIpc) is 3.20. The SMILES string of the molecule is CC(C)NC(=O)Nc1cc(-n2cccn2)nc(-c2ccco2)n1. The van der Waals surface area contributed by atoms with Crippen LogP contribution in [-0.2, 0) is 0 Å². The number of rotatable bonds is 4. The topological polar surface area (TPSA) is 97.9 Å². The molecular formula is C15H16N6O2. The molecule has 0 fully saturated rings. The standard InChI is InChI=1S/C15H16N6O2/c1-10(2)17-15(22)19-12-9-13(21-7-4-6-16-21)20-14(18-12)11-5-3-8-23-11/h3-10H,1-2H3,(H2,17,18,19,20,22). The number of carbonyl (C=O) groups excluding carboxylic acids is 1. The third-order valence-corrected chi connectivity index (χ3v) is 2.85. The van der Waals surface area contributed by atoms with Crippen LogP contribution in [0.5, 0.6) is 0 Å². The van der Waals surface area contributed by atoms with E-state index >= 15 is 0 Å². The molecule has 8 heteroatoms. The third-order valence-electron chi connectivity index (χ3n) is 2.85. The van der Waals surface area contributed by atoms with Gasteiger partial charge in [-0.2, -0.15) is 5.10 Å². The van der Waals surface area contributed by atoms with Crippen LogP contribution in [0.1, 0.15) is 13.8 Å². The molecule has 3 rings (SSSR count). The Morgan fingerprint density at radius 2 is 2.17 bits per heavy atom. The molecule has 118 valence electrons. The van der Waals surface area contributed by atoms with Crippen LogP contribution >= 0.6 is 0 Å². The zero-order valence-corrected chi connectivity index (χ0v) is 12.7. The summed E-state index contributed by atoms with van der Waals surface area (Å²) in [5, 5.41) is 9.58. The molecule has 0 aromatic carbocycles. The molecule has 2 amide bonds. The van der Waals surface area contributed by atoms with Crippen LogP contribution < -0.4 is 10.6 Å². The third kappa shape index (κ3) is 3.54. The lowest BCUT2D eigenvalue weighted by Crippen LogP contribution is -2.34. The summed E-state index contributed by atoms with van der Waals surface area (Å²) in [6, 6.07) is 6.60. The number of nitrogens with one attached hydrogen (secondary N) is 2. The molecule has 23 heavy (non-hydrogen) atoms. The van der Waals surface area contributed by atoms with Crippen molar-refractivity contribution in [1.82, 2.24) is 25.1 Å². The summed E-state index contributed by atoms with van der Waals surface area (Å²) in [6.07, 6.45) is 4.94. The number of amides is 2. The van der Waals surface area contributed by atoms with Gasteiger partial charge in [0.15, 0.2) is 17.4 Å². The summed E-state index contributed by atoms with van der Waals surface area (Å²) < 4.78 is 6.92. The highest BCUT2D eigenvalue weighted by Crippen LogP contribution is 2.20. The van der Waals surface area contributed by atoms with Crippen LogP contribution in [0, 0.1) is 0 Å². The predicted octanol–water partition coefficient (Wildman–Crippen LogP) is 2.45. The Kier molecular flexibility index (Phi) is 4.05. The van der Waals surface area contributed by atoms with E-state index in [2.05, 4.69) is 25.7 Å². The Hall–Kier alpha value is -3.16. The minimum absolute atomic E-state index is 0.0203. The summed E-state index contributed by atoms with van der Waals surface area (Å²) in [5.74, 6) is 1.75. The second-order valence-corrected chi connectivity index (χ2v) is 5.12. The quantitative estimate of drug-likeness (QED) is 0.771. The van der Waals surface area contributed by atoms with E-state index in [1.165, 1.54) is 6.26 Å². The molecule has 8 nitrogen and oxygen atoms in total. The lowest BCUT2D eigenvalue weighted by Gasteiger charge is -2.11. The maximum absolute atomic E-state index is 11.9. The van der Waals surface area contributed by atoms with Gasteiger partial charge in [0.25, 0.3) is 0 Å². The second-order valence-electron chi connectivity index (χ2n) is 5.12. The van der Waals surface area contributed by atoms with Gasteiger partial charge in [-0.15, -0.1) is 0 Å². The number of hydrogen-bond donors (Lipinski definition) is 2. The highest BCUT2D eigenvalue weighted by atomic mass is 16.3. The molecule has 2 N–H and O–H groups in total. The minimum Gasteiger partial charge on any atom is -0.461 e. The fourth-order valence-corrected chi connectivity index (χ4v) is 1.95. The van der Waals surface area contributed by atoms with Crippen LogP contribution in [0.4, 0.5) is 10.6 Å². The van der Waals surface area contributed by atoms with Crippen molar-refractivity contribution >= 4 is 11.8 Å². The molecule has 0 aliphatic carbocycles. The van der Waals surface area contributed by atoms with Crippen molar-refractivity contribution in [1.29, 1.82) is 0 Å². The molecule has 0 saturated heterocycles. The van der Waals surface area contributed by atoms with Gasteiger partial charge < -0.3 is 9.73 Å². The molecule has 0 saturated carbocycles. The fraction of sp³-hybridized carbons (Fsp3) is 0.200. The first-order valence-corrected chi connectivity index (χ1v) is 7.12. The van der Waals surface area contributed by atoms with Gasteiger partial charge in [-0.25, -0.2) is 19.4 Å². The smallest absolute Gasteiger partial charge is 0.320 e. The second kappa shape index (κ2) is 6.30. The van der Waals surface area contributed by atoms with Crippen molar-refractivity contribution in [3.05, 3.63) is 42.9 Å². The van der Waals surface area contributed by atoms with E-state index < -0.39 is 0 Å². The van der Waals surface area contributed by atoms with Gasteiger partial charge in [0.2, 0.25) is 0 Å². The molecule has 0 spiro atoms. The number of carbonyl (C=O) groups is 1. The first kappa shape index (κ1) is 14.8. The lowest BCUT2D eigenvalue weighted by molar-refractivity contribution is 0.250. The van der Waals surface area contributed by atoms with E-state index in [4.69, 9.17) is 4.42 Å². The van der Waals surface area contributed by atoms with Gasteiger partial charge in [-0.1, -0.05) is 0 Å². The van der Waals surface area contributed by atoms with E-state index in [-0.39, 0.29) is 12.1 Å². The Bertz CT molecular complexity index is 728. The highest BCUT2D eigenvalue weighted by Gasteiger charge is 2.12. The van der Waals surface area contributed by atoms with Gasteiger partial charge in [-0.05, 0) is 32.0 Å². The van der Waals surface area contributed by atoms with Gasteiger partial charge in [0, 0.05) is 24.5 Å². The van der Waals surface area contributed by atoms with Gasteiger partial charge >= 0.3 is 6.03 Å². The number of nitrogens with zero attached hydrogens (tertiary/aromatic N) is 4. The first-order valence-electron chi connectivity index (χ1n) is 7.12. The largest absolute Gasteiger partial charge is 0.461 e. The maximum Gasteiger partial charge on any atom is 0.320 e. The lowest BCUT2D eigenvalue weighted by atomic mass is 10.4. The normalized spacial score (nSPS) is 10.7. The van der Waals surface area contributed by atoms with E-state index in [0.29, 0.717) is 23.2 Å². The van der Waals surface area contributed by atoms with Crippen molar-refractivity contribution in [2.45, 2.75) is 19.9 Å².